The second-order valence-electron chi connectivity index (χ2n) is 4.27. The van der Waals surface area contributed by atoms with Crippen LogP contribution in [0.5, 0.6) is 0 Å². The highest BCUT2D eigenvalue weighted by atomic mass is 79.9. The first-order valence-corrected chi connectivity index (χ1v) is 7.78. The predicted molar refractivity (Wildman–Crippen MR) is 71.8 cm³/mol. The lowest BCUT2D eigenvalue weighted by atomic mass is 10.2. The predicted octanol–water partition coefficient (Wildman–Crippen LogP) is 0.402. The van der Waals surface area contributed by atoms with E-state index in [1.54, 1.807) is 24.3 Å². The van der Waals surface area contributed by atoms with Crippen LogP contribution >= 0.6 is 15.9 Å². The maximum atomic E-state index is 12.3. The van der Waals surface area contributed by atoms with Gasteiger partial charge in [-0.05, 0) is 24.3 Å². The smallest absolute Gasteiger partial charge is 0.243 e. The van der Waals surface area contributed by atoms with Crippen molar-refractivity contribution in [3.05, 3.63) is 28.7 Å². The van der Waals surface area contributed by atoms with Gasteiger partial charge in [-0.15, -0.1) is 0 Å². The van der Waals surface area contributed by atoms with Crippen LogP contribution in [-0.4, -0.2) is 50.1 Å². The minimum atomic E-state index is -3.56. The van der Waals surface area contributed by atoms with Crippen molar-refractivity contribution in [3.8, 4) is 0 Å². The maximum Gasteiger partial charge on any atom is 0.243 e. The summed E-state index contributed by atoms with van der Waals surface area (Å²) in [5.41, 5.74) is 0. The zero-order valence-electron chi connectivity index (χ0n) is 9.88. The van der Waals surface area contributed by atoms with E-state index in [1.165, 1.54) is 11.4 Å². The molecular formula is C11H15BrN2O3S. The molecule has 0 aromatic heterocycles. The zero-order valence-corrected chi connectivity index (χ0v) is 12.3. The van der Waals surface area contributed by atoms with Crippen molar-refractivity contribution in [3.63, 3.8) is 0 Å². The summed E-state index contributed by atoms with van der Waals surface area (Å²) in [6.07, 6.45) is -0.666. The number of hydrogen-bond acceptors (Lipinski definition) is 4. The SMILES string of the molecule is CN([C@H]1CNC[C@@H]1O)S(=O)(=O)c1ccc(Br)cc1. The van der Waals surface area contributed by atoms with Gasteiger partial charge in [-0.3, -0.25) is 0 Å². The van der Waals surface area contributed by atoms with Crippen molar-refractivity contribution >= 4 is 26.0 Å². The molecule has 7 heteroatoms. The number of rotatable bonds is 3. The molecule has 0 radical (unpaired) electrons. The number of aliphatic hydroxyl groups is 1. The van der Waals surface area contributed by atoms with E-state index in [9.17, 15) is 13.5 Å². The van der Waals surface area contributed by atoms with E-state index in [4.69, 9.17) is 0 Å². The third-order valence-corrected chi connectivity index (χ3v) is 5.53. The Morgan fingerprint density at radius 3 is 2.44 bits per heavy atom. The van der Waals surface area contributed by atoms with Gasteiger partial charge in [0.2, 0.25) is 10.0 Å². The van der Waals surface area contributed by atoms with E-state index in [0.717, 1.165) is 4.47 Å². The van der Waals surface area contributed by atoms with E-state index in [-0.39, 0.29) is 4.90 Å². The molecule has 2 N–H and O–H groups in total. The molecule has 0 aliphatic carbocycles. The molecule has 1 aromatic carbocycles. The van der Waals surface area contributed by atoms with Gasteiger partial charge < -0.3 is 10.4 Å². The Labute approximate surface area is 115 Å². The first kappa shape index (κ1) is 14.0. The highest BCUT2D eigenvalue weighted by Gasteiger charge is 2.35. The van der Waals surface area contributed by atoms with Gasteiger partial charge in [0.15, 0.2) is 0 Å². The lowest BCUT2D eigenvalue weighted by Crippen LogP contribution is -2.44. The fourth-order valence-electron chi connectivity index (χ4n) is 1.97. The summed E-state index contributed by atoms with van der Waals surface area (Å²) in [4.78, 5) is 0.229. The summed E-state index contributed by atoms with van der Waals surface area (Å²) in [7, 11) is -2.06. The Morgan fingerprint density at radius 1 is 1.33 bits per heavy atom. The highest BCUT2D eigenvalue weighted by molar-refractivity contribution is 9.10. The molecule has 1 heterocycles. The zero-order chi connectivity index (χ0) is 13.3. The number of β-amino-alcohol motifs (C(OH)–C–C–N with tert-alkyl or cyclic N) is 1. The topological polar surface area (TPSA) is 69.6 Å². The average molecular weight is 335 g/mol. The van der Waals surface area contributed by atoms with Crippen molar-refractivity contribution in [2.75, 3.05) is 20.1 Å². The first-order chi connectivity index (χ1) is 8.43. The molecule has 1 aliphatic rings. The van der Waals surface area contributed by atoms with Gasteiger partial charge in [0.25, 0.3) is 0 Å². The van der Waals surface area contributed by atoms with Crippen molar-refractivity contribution < 1.29 is 13.5 Å². The molecule has 0 spiro atoms. The van der Waals surface area contributed by atoms with Gasteiger partial charge in [-0.1, -0.05) is 15.9 Å². The Hall–Kier alpha value is -0.470. The third kappa shape index (κ3) is 2.60. The normalized spacial score (nSPS) is 24.7. The van der Waals surface area contributed by atoms with Crippen LogP contribution in [0.4, 0.5) is 0 Å². The van der Waals surface area contributed by atoms with E-state index >= 15 is 0 Å². The number of benzene rings is 1. The summed E-state index contributed by atoms with van der Waals surface area (Å²) in [6.45, 7) is 0.887. The number of aliphatic hydroxyl groups excluding tert-OH is 1. The number of hydrogen-bond donors (Lipinski definition) is 2. The Kier molecular flexibility index (Phi) is 4.08. The molecule has 100 valence electrons. The first-order valence-electron chi connectivity index (χ1n) is 5.55. The molecule has 5 nitrogen and oxygen atoms in total. The standard InChI is InChI=1S/C11H15BrN2O3S/c1-14(10-6-13-7-11(10)15)18(16,17)9-4-2-8(12)3-5-9/h2-5,10-11,13,15H,6-7H2,1H3/t10-,11-/m0/s1. The Balaban J connectivity index is 2.28. The van der Waals surface area contributed by atoms with Crippen molar-refractivity contribution in [1.29, 1.82) is 0 Å². The van der Waals surface area contributed by atoms with Crippen LogP contribution in [-0.2, 0) is 10.0 Å². The van der Waals surface area contributed by atoms with Crippen molar-refractivity contribution in [2.24, 2.45) is 0 Å². The van der Waals surface area contributed by atoms with Gasteiger partial charge in [0.1, 0.15) is 0 Å². The fourth-order valence-corrected chi connectivity index (χ4v) is 3.62. The van der Waals surface area contributed by atoms with E-state index < -0.39 is 22.2 Å². The summed E-state index contributed by atoms with van der Waals surface area (Å²) in [5.74, 6) is 0. The Morgan fingerprint density at radius 2 is 1.94 bits per heavy atom. The fraction of sp³-hybridized carbons (Fsp3) is 0.455. The lowest BCUT2D eigenvalue weighted by molar-refractivity contribution is 0.136. The minimum Gasteiger partial charge on any atom is -0.390 e. The molecule has 1 fully saturated rings. The van der Waals surface area contributed by atoms with Crippen LogP contribution in [0.15, 0.2) is 33.6 Å². The number of sulfonamides is 1. The highest BCUT2D eigenvalue weighted by Crippen LogP contribution is 2.21. The number of likely N-dealkylation sites (N-methyl/N-ethyl adjacent to an activating group) is 1. The van der Waals surface area contributed by atoms with Crippen molar-refractivity contribution in [2.45, 2.75) is 17.0 Å². The van der Waals surface area contributed by atoms with Gasteiger partial charge >= 0.3 is 0 Å². The van der Waals surface area contributed by atoms with Crippen LogP contribution in [0.2, 0.25) is 0 Å². The number of nitrogens with zero attached hydrogens (tertiary/aromatic N) is 1. The molecule has 0 amide bonds. The molecule has 0 unspecified atom stereocenters. The lowest BCUT2D eigenvalue weighted by Gasteiger charge is -2.25. The monoisotopic (exact) mass is 334 g/mol. The maximum absolute atomic E-state index is 12.3. The largest absolute Gasteiger partial charge is 0.390 e. The van der Waals surface area contributed by atoms with Crippen LogP contribution < -0.4 is 5.32 Å². The summed E-state index contributed by atoms with van der Waals surface area (Å²) < 4.78 is 26.8. The number of nitrogens with one attached hydrogen (secondary N) is 1. The van der Waals surface area contributed by atoms with Crippen molar-refractivity contribution in [1.82, 2.24) is 9.62 Å². The average Bonchev–Trinajstić information content (AvgIpc) is 2.75. The second-order valence-corrected chi connectivity index (χ2v) is 7.18. The number of halogens is 1. The van der Waals surface area contributed by atoms with E-state index in [0.29, 0.717) is 13.1 Å². The molecule has 1 saturated heterocycles. The molecular weight excluding hydrogens is 320 g/mol. The molecule has 2 rings (SSSR count). The van der Waals surface area contributed by atoms with Gasteiger partial charge in [-0.2, -0.15) is 4.31 Å². The van der Waals surface area contributed by atoms with Crippen LogP contribution in [0.25, 0.3) is 0 Å². The van der Waals surface area contributed by atoms with E-state index in [1.807, 2.05) is 0 Å². The molecule has 18 heavy (non-hydrogen) atoms. The minimum absolute atomic E-state index is 0.229. The molecule has 0 bridgehead atoms. The third-order valence-electron chi connectivity index (χ3n) is 3.11. The quantitative estimate of drug-likeness (QED) is 0.839. The van der Waals surface area contributed by atoms with Gasteiger partial charge in [0.05, 0.1) is 17.0 Å². The summed E-state index contributed by atoms with van der Waals surface area (Å²) in [6, 6.07) is 6.04. The van der Waals surface area contributed by atoms with Gasteiger partial charge in [-0.25, -0.2) is 8.42 Å². The molecule has 2 atom stereocenters. The van der Waals surface area contributed by atoms with Crippen LogP contribution in [0.3, 0.4) is 0 Å². The molecule has 1 aromatic rings. The van der Waals surface area contributed by atoms with Gasteiger partial charge in [0, 0.05) is 24.6 Å². The molecule has 0 saturated carbocycles. The van der Waals surface area contributed by atoms with Crippen LogP contribution in [0, 0.1) is 0 Å². The van der Waals surface area contributed by atoms with E-state index in [2.05, 4.69) is 21.2 Å². The molecule has 1 aliphatic heterocycles. The summed E-state index contributed by atoms with van der Waals surface area (Å²) >= 11 is 3.27. The summed E-state index contributed by atoms with van der Waals surface area (Å²) in [5, 5.41) is 12.7. The second kappa shape index (κ2) is 5.26. The van der Waals surface area contributed by atoms with Crippen LogP contribution in [0.1, 0.15) is 0 Å². The Bertz CT molecular complexity index is 518.